The fraction of sp³-hybridized carbons (Fsp3) is 0.433. The third-order valence-corrected chi connectivity index (χ3v) is 7.84. The number of thiophene rings is 1. The molecule has 3 rings (SSSR count). The van der Waals surface area contributed by atoms with Crippen molar-refractivity contribution in [1.29, 1.82) is 0 Å². The number of amides is 3. The molecular formula is C30H40N4O5S. The highest BCUT2D eigenvalue weighted by Crippen LogP contribution is 2.26. The first-order valence-electron chi connectivity index (χ1n) is 13.7. The Morgan fingerprint density at radius 1 is 0.925 bits per heavy atom. The van der Waals surface area contributed by atoms with Gasteiger partial charge in [0.05, 0.1) is 31.3 Å². The van der Waals surface area contributed by atoms with E-state index in [0.29, 0.717) is 57.1 Å². The van der Waals surface area contributed by atoms with Crippen LogP contribution in [0.4, 0.5) is 0 Å². The molecule has 1 aromatic heterocycles. The third-order valence-electron chi connectivity index (χ3n) is 6.73. The van der Waals surface area contributed by atoms with Gasteiger partial charge in [0.1, 0.15) is 11.6 Å². The molecule has 0 fully saturated rings. The molecular weight excluding hydrogens is 528 g/mol. The zero-order chi connectivity index (χ0) is 28.8. The summed E-state index contributed by atoms with van der Waals surface area (Å²) in [6.45, 7) is 6.06. The highest BCUT2D eigenvalue weighted by atomic mass is 32.1. The predicted octanol–water partition coefficient (Wildman–Crippen LogP) is 3.03. The van der Waals surface area contributed by atoms with Crippen molar-refractivity contribution in [3.63, 3.8) is 0 Å². The van der Waals surface area contributed by atoms with E-state index in [0.717, 1.165) is 15.6 Å². The van der Waals surface area contributed by atoms with Crippen molar-refractivity contribution in [3.05, 3.63) is 71.1 Å². The Hall–Kier alpha value is -3.31. The Bertz CT molecular complexity index is 1200. The number of benzene rings is 2. The van der Waals surface area contributed by atoms with E-state index in [1.54, 1.807) is 0 Å². The third kappa shape index (κ3) is 8.85. The number of nitrogens with one attached hydrogen (secondary N) is 3. The van der Waals surface area contributed by atoms with Gasteiger partial charge >= 0.3 is 0 Å². The molecule has 0 bridgehead atoms. The van der Waals surface area contributed by atoms with Crippen LogP contribution in [0.1, 0.15) is 41.9 Å². The van der Waals surface area contributed by atoms with Gasteiger partial charge < -0.3 is 31.2 Å². The van der Waals surface area contributed by atoms with Gasteiger partial charge in [-0.2, -0.15) is 0 Å². The normalized spacial score (nSPS) is 12.2. The molecule has 1 atom stereocenters. The van der Waals surface area contributed by atoms with Crippen molar-refractivity contribution >= 4 is 39.1 Å². The molecule has 0 spiro atoms. The standard InChI is InChI=1S/C30H40N4O5S/c1-3-30(4-2,34-28(36)26-21-23-12-8-9-13-25(23)40-26)29(37)33-24(20-22-10-6-5-7-11-22)27(35)32-15-17-39-19-18-38-16-14-31/h5-13,21,24H,3-4,14-20,31H2,1-2H3,(H,32,35)(H,33,37)(H,34,36)/t24-/m0/s1. The monoisotopic (exact) mass is 568 g/mol. The van der Waals surface area contributed by atoms with Gasteiger partial charge in [-0.05, 0) is 35.9 Å². The predicted molar refractivity (Wildman–Crippen MR) is 158 cm³/mol. The molecule has 0 aliphatic carbocycles. The van der Waals surface area contributed by atoms with Crippen molar-refractivity contribution in [3.8, 4) is 0 Å². The van der Waals surface area contributed by atoms with Gasteiger partial charge in [0.2, 0.25) is 11.8 Å². The summed E-state index contributed by atoms with van der Waals surface area (Å²) in [6, 6.07) is 18.3. The van der Waals surface area contributed by atoms with E-state index >= 15 is 0 Å². The number of hydrogen-bond donors (Lipinski definition) is 4. The first kappa shape index (κ1) is 31.2. The van der Waals surface area contributed by atoms with E-state index in [2.05, 4.69) is 16.0 Å². The van der Waals surface area contributed by atoms with Crippen LogP contribution in [-0.4, -0.2) is 68.8 Å². The van der Waals surface area contributed by atoms with Gasteiger partial charge in [-0.1, -0.05) is 62.4 Å². The number of rotatable bonds is 17. The minimum atomic E-state index is -1.17. The smallest absolute Gasteiger partial charge is 0.262 e. The van der Waals surface area contributed by atoms with Crippen LogP contribution < -0.4 is 21.7 Å². The van der Waals surface area contributed by atoms with E-state index in [1.165, 1.54) is 11.3 Å². The SMILES string of the molecule is CCC(CC)(NC(=O)c1cc2ccccc2s1)C(=O)N[C@@H](Cc1ccccc1)C(=O)NCCOCCOCCN. The lowest BCUT2D eigenvalue weighted by atomic mass is 9.90. The van der Waals surface area contributed by atoms with Crippen LogP contribution in [0.15, 0.2) is 60.7 Å². The average molecular weight is 569 g/mol. The molecule has 40 heavy (non-hydrogen) atoms. The van der Waals surface area contributed by atoms with E-state index in [9.17, 15) is 14.4 Å². The van der Waals surface area contributed by atoms with Crippen LogP contribution in [0, 0.1) is 0 Å². The molecule has 0 saturated carbocycles. The summed E-state index contributed by atoms with van der Waals surface area (Å²) in [4.78, 5) is 40.7. The Labute approximate surface area is 239 Å². The van der Waals surface area contributed by atoms with Crippen LogP contribution in [0.2, 0.25) is 0 Å². The summed E-state index contributed by atoms with van der Waals surface area (Å²) in [5.41, 5.74) is 5.12. The maximum Gasteiger partial charge on any atom is 0.262 e. The summed E-state index contributed by atoms with van der Waals surface area (Å²) >= 11 is 1.38. The number of ether oxygens (including phenoxy) is 2. The fourth-order valence-corrected chi connectivity index (χ4v) is 5.27. The van der Waals surface area contributed by atoms with Crippen molar-refractivity contribution in [1.82, 2.24) is 16.0 Å². The maximum absolute atomic E-state index is 13.7. The number of carbonyl (C=O) groups is 3. The van der Waals surface area contributed by atoms with Crippen LogP contribution in [0.25, 0.3) is 10.1 Å². The molecule has 216 valence electrons. The molecule has 0 saturated heterocycles. The van der Waals surface area contributed by atoms with Gasteiger partial charge in [0.25, 0.3) is 5.91 Å². The zero-order valence-corrected chi connectivity index (χ0v) is 24.1. The molecule has 0 aliphatic heterocycles. The molecule has 5 N–H and O–H groups in total. The Morgan fingerprint density at radius 3 is 2.27 bits per heavy atom. The topological polar surface area (TPSA) is 132 Å². The summed E-state index contributed by atoms with van der Waals surface area (Å²) in [6.07, 6.45) is 1.04. The van der Waals surface area contributed by atoms with Crippen molar-refractivity contribution in [2.24, 2.45) is 5.73 Å². The first-order chi connectivity index (χ1) is 19.4. The van der Waals surface area contributed by atoms with Crippen LogP contribution in [-0.2, 0) is 25.5 Å². The highest BCUT2D eigenvalue weighted by molar-refractivity contribution is 7.20. The van der Waals surface area contributed by atoms with Crippen molar-refractivity contribution in [2.75, 3.05) is 39.5 Å². The lowest BCUT2D eigenvalue weighted by molar-refractivity contribution is -0.133. The van der Waals surface area contributed by atoms with Crippen LogP contribution in [0.5, 0.6) is 0 Å². The first-order valence-corrected chi connectivity index (χ1v) is 14.5. The molecule has 3 amide bonds. The summed E-state index contributed by atoms with van der Waals surface area (Å²) < 4.78 is 11.8. The largest absolute Gasteiger partial charge is 0.378 e. The summed E-state index contributed by atoms with van der Waals surface area (Å²) in [7, 11) is 0. The molecule has 2 aromatic carbocycles. The van der Waals surface area contributed by atoms with E-state index in [1.807, 2.05) is 74.5 Å². The molecule has 3 aromatic rings. The van der Waals surface area contributed by atoms with E-state index in [-0.39, 0.29) is 18.4 Å². The van der Waals surface area contributed by atoms with E-state index in [4.69, 9.17) is 15.2 Å². The fourth-order valence-electron chi connectivity index (χ4n) is 4.31. The minimum Gasteiger partial charge on any atom is -0.378 e. The van der Waals surface area contributed by atoms with Gasteiger partial charge in [-0.3, -0.25) is 14.4 Å². The molecule has 9 nitrogen and oxygen atoms in total. The summed E-state index contributed by atoms with van der Waals surface area (Å²) in [5, 5.41) is 9.75. The van der Waals surface area contributed by atoms with Gasteiger partial charge in [-0.15, -0.1) is 11.3 Å². The highest BCUT2D eigenvalue weighted by Gasteiger charge is 2.39. The molecule has 0 aliphatic rings. The number of nitrogens with two attached hydrogens (primary N) is 1. The van der Waals surface area contributed by atoms with Gasteiger partial charge in [0.15, 0.2) is 0 Å². The number of carbonyl (C=O) groups excluding carboxylic acids is 3. The quantitative estimate of drug-likeness (QED) is 0.185. The molecule has 0 unspecified atom stereocenters. The Balaban J connectivity index is 1.67. The Morgan fingerprint density at radius 2 is 1.60 bits per heavy atom. The number of fused-ring (bicyclic) bond motifs is 1. The van der Waals surface area contributed by atoms with Crippen LogP contribution in [0.3, 0.4) is 0 Å². The van der Waals surface area contributed by atoms with Gasteiger partial charge in [-0.25, -0.2) is 0 Å². The Kier molecular flexibility index (Phi) is 12.5. The second-order valence-corrected chi connectivity index (χ2v) is 10.5. The zero-order valence-electron chi connectivity index (χ0n) is 23.2. The lowest BCUT2D eigenvalue weighted by Crippen LogP contribution is -2.61. The molecule has 1 heterocycles. The van der Waals surface area contributed by atoms with Crippen molar-refractivity contribution < 1.29 is 23.9 Å². The van der Waals surface area contributed by atoms with Gasteiger partial charge in [0, 0.05) is 24.2 Å². The molecule has 10 heteroatoms. The second kappa shape index (κ2) is 16.1. The minimum absolute atomic E-state index is 0.284. The van der Waals surface area contributed by atoms with Crippen molar-refractivity contribution in [2.45, 2.75) is 44.7 Å². The second-order valence-electron chi connectivity index (χ2n) is 9.41. The van der Waals surface area contributed by atoms with Crippen LogP contribution >= 0.6 is 11.3 Å². The molecule has 0 radical (unpaired) electrons. The lowest BCUT2D eigenvalue weighted by Gasteiger charge is -2.33. The average Bonchev–Trinajstić information content (AvgIpc) is 3.42. The van der Waals surface area contributed by atoms with E-state index < -0.39 is 17.5 Å². The maximum atomic E-state index is 13.7. The summed E-state index contributed by atoms with van der Waals surface area (Å²) in [5.74, 6) is -1.02. The number of hydrogen-bond acceptors (Lipinski definition) is 7.